The van der Waals surface area contributed by atoms with Crippen LogP contribution in [0.2, 0.25) is 0 Å². The number of carbonyl (C=O) groups is 4. The van der Waals surface area contributed by atoms with E-state index in [-0.39, 0.29) is 36.1 Å². The summed E-state index contributed by atoms with van der Waals surface area (Å²) in [5.74, 6) is 0.530. The number of fused-ring (bicyclic) bond motifs is 5. The quantitative estimate of drug-likeness (QED) is 0.654. The van der Waals surface area contributed by atoms with E-state index in [0.717, 1.165) is 44.9 Å². The van der Waals surface area contributed by atoms with Crippen LogP contribution < -0.4 is 0 Å². The molecule has 31 heavy (non-hydrogen) atoms. The fourth-order valence-corrected chi connectivity index (χ4v) is 8.14. The zero-order valence-electron chi connectivity index (χ0n) is 19.0. The average Bonchev–Trinajstić information content (AvgIpc) is 3.07. The Kier molecular flexibility index (Phi) is 5.80. The largest absolute Gasteiger partial charge is 0.481 e. The van der Waals surface area contributed by atoms with E-state index in [1.807, 2.05) is 0 Å². The van der Waals surface area contributed by atoms with Gasteiger partial charge >= 0.3 is 11.9 Å². The summed E-state index contributed by atoms with van der Waals surface area (Å²) in [5.41, 5.74) is -0.411. The molecular formula is C25H36O6. The molecule has 1 N–H and O–H groups in total. The fourth-order valence-electron chi connectivity index (χ4n) is 8.14. The number of hydrogen-bond acceptors (Lipinski definition) is 5. The Bertz CT molecular complexity index is 789. The lowest BCUT2D eigenvalue weighted by molar-refractivity contribution is -0.169. The Hall–Kier alpha value is -1.72. The molecule has 0 aromatic rings. The third-order valence-electron chi connectivity index (χ3n) is 9.81. The lowest BCUT2D eigenvalue weighted by atomic mass is 9.44. The molecule has 8 atom stereocenters. The highest BCUT2D eigenvalue weighted by molar-refractivity contribution is 5.93. The van der Waals surface area contributed by atoms with Crippen molar-refractivity contribution in [3.8, 4) is 0 Å². The molecule has 4 fully saturated rings. The van der Waals surface area contributed by atoms with Gasteiger partial charge in [0, 0.05) is 17.8 Å². The lowest BCUT2D eigenvalue weighted by Crippen LogP contribution is -2.57. The summed E-state index contributed by atoms with van der Waals surface area (Å²) in [4.78, 5) is 48.4. The van der Waals surface area contributed by atoms with Crippen molar-refractivity contribution >= 4 is 23.5 Å². The number of carboxylic acids is 1. The Balaban J connectivity index is 1.46. The summed E-state index contributed by atoms with van der Waals surface area (Å²) >= 11 is 0. The van der Waals surface area contributed by atoms with Crippen LogP contribution in [0, 0.1) is 40.4 Å². The molecule has 4 saturated carbocycles. The Morgan fingerprint density at radius 2 is 1.77 bits per heavy atom. The van der Waals surface area contributed by atoms with E-state index in [9.17, 15) is 19.2 Å². The smallest absolute Gasteiger partial charge is 0.306 e. The molecule has 0 saturated heterocycles. The van der Waals surface area contributed by atoms with Gasteiger partial charge in [-0.1, -0.05) is 13.8 Å². The van der Waals surface area contributed by atoms with Crippen molar-refractivity contribution in [1.29, 1.82) is 0 Å². The lowest BCUT2D eigenvalue weighted by Gasteiger charge is -2.60. The van der Waals surface area contributed by atoms with Crippen molar-refractivity contribution in [2.75, 3.05) is 0 Å². The molecule has 0 bridgehead atoms. The van der Waals surface area contributed by atoms with E-state index in [1.54, 1.807) is 6.92 Å². The summed E-state index contributed by atoms with van der Waals surface area (Å²) < 4.78 is 5.61. The van der Waals surface area contributed by atoms with Crippen LogP contribution in [0.4, 0.5) is 0 Å². The molecule has 6 heteroatoms. The maximum Gasteiger partial charge on any atom is 0.306 e. The van der Waals surface area contributed by atoms with Crippen molar-refractivity contribution in [2.24, 2.45) is 40.4 Å². The predicted molar refractivity (Wildman–Crippen MR) is 113 cm³/mol. The molecule has 4 aliphatic rings. The van der Waals surface area contributed by atoms with E-state index in [1.165, 1.54) is 0 Å². The van der Waals surface area contributed by atoms with E-state index in [2.05, 4.69) is 13.8 Å². The molecule has 0 heterocycles. The number of ketones is 2. The van der Waals surface area contributed by atoms with Gasteiger partial charge in [-0.05, 0) is 81.0 Å². The standard InChI is InChI=1S/C25H36O6/c1-14(26)18-6-7-19-17-5-4-15-12-16(31-23(30)9-8-22(28)29)10-11-24(15,2)20(17)13-21(27)25(18,19)3/h15-20H,4-13H2,1-3H3,(H,28,29)/t15-,16-,17+,18-,19+,20+,24+,25-/m1/s1. The molecule has 4 aliphatic carbocycles. The van der Waals surface area contributed by atoms with Crippen molar-refractivity contribution < 1.29 is 29.0 Å². The number of esters is 1. The average molecular weight is 433 g/mol. The minimum absolute atomic E-state index is 0.0676. The van der Waals surface area contributed by atoms with Gasteiger partial charge in [-0.25, -0.2) is 0 Å². The van der Waals surface area contributed by atoms with Crippen LogP contribution in [0.15, 0.2) is 0 Å². The number of rotatable bonds is 5. The Morgan fingerprint density at radius 3 is 2.45 bits per heavy atom. The number of carboxylic acid groups (broad SMARTS) is 1. The molecule has 0 aromatic heterocycles. The van der Waals surface area contributed by atoms with E-state index in [0.29, 0.717) is 35.9 Å². The number of carbonyl (C=O) groups excluding carboxylic acids is 3. The van der Waals surface area contributed by atoms with Crippen LogP contribution in [-0.4, -0.2) is 34.7 Å². The highest BCUT2D eigenvalue weighted by Crippen LogP contribution is 2.66. The monoisotopic (exact) mass is 432 g/mol. The van der Waals surface area contributed by atoms with Gasteiger partial charge in [0.2, 0.25) is 0 Å². The SMILES string of the molecule is CC(=O)[C@H]1CC[C@H]2[C@@H]3CC[C@@H]4C[C@H](OC(=O)CCC(=O)O)CC[C@]4(C)[C@H]3CC(=O)[C@]12C. The minimum atomic E-state index is -0.987. The van der Waals surface area contributed by atoms with Crippen molar-refractivity contribution in [2.45, 2.75) is 91.1 Å². The van der Waals surface area contributed by atoms with Gasteiger partial charge in [0.1, 0.15) is 17.7 Å². The van der Waals surface area contributed by atoms with Gasteiger partial charge in [-0.15, -0.1) is 0 Å². The van der Waals surface area contributed by atoms with Gasteiger partial charge in [0.15, 0.2) is 0 Å². The summed E-state index contributed by atoms with van der Waals surface area (Å²) in [6, 6.07) is 0. The second-order valence-corrected chi connectivity index (χ2v) is 11.1. The summed E-state index contributed by atoms with van der Waals surface area (Å²) in [5, 5.41) is 8.76. The van der Waals surface area contributed by atoms with Crippen LogP contribution in [0.5, 0.6) is 0 Å². The summed E-state index contributed by atoms with van der Waals surface area (Å²) in [7, 11) is 0. The number of Topliss-reactive ketones (excluding diaryl/α,β-unsaturated/α-hetero) is 2. The molecule has 0 unspecified atom stereocenters. The molecule has 0 amide bonds. The maximum atomic E-state index is 13.5. The van der Waals surface area contributed by atoms with Gasteiger partial charge in [0.05, 0.1) is 12.8 Å². The predicted octanol–water partition coefficient (Wildman–Crippen LogP) is 4.19. The Labute approximate surface area is 184 Å². The second kappa shape index (κ2) is 8.00. The fraction of sp³-hybridized carbons (Fsp3) is 0.840. The second-order valence-electron chi connectivity index (χ2n) is 11.1. The van der Waals surface area contributed by atoms with E-state index < -0.39 is 17.4 Å². The molecule has 6 nitrogen and oxygen atoms in total. The first-order valence-corrected chi connectivity index (χ1v) is 12.0. The van der Waals surface area contributed by atoms with E-state index in [4.69, 9.17) is 9.84 Å². The topological polar surface area (TPSA) is 97.7 Å². The van der Waals surface area contributed by atoms with Crippen LogP contribution in [0.25, 0.3) is 0 Å². The molecule has 0 aromatic carbocycles. The Morgan fingerprint density at radius 1 is 1.03 bits per heavy atom. The molecule has 4 rings (SSSR count). The molecule has 172 valence electrons. The first kappa shape index (κ1) is 22.5. The molecule has 0 spiro atoms. The van der Waals surface area contributed by atoms with Gasteiger partial charge < -0.3 is 9.84 Å². The maximum absolute atomic E-state index is 13.5. The number of ether oxygens (including phenoxy) is 1. The highest BCUT2D eigenvalue weighted by Gasteiger charge is 2.64. The number of aliphatic carboxylic acids is 1. The van der Waals surface area contributed by atoms with Crippen LogP contribution in [-0.2, 0) is 23.9 Å². The normalized spacial score (nSPS) is 44.0. The van der Waals surface area contributed by atoms with Gasteiger partial charge in [-0.3, -0.25) is 19.2 Å². The van der Waals surface area contributed by atoms with E-state index >= 15 is 0 Å². The van der Waals surface area contributed by atoms with Crippen LogP contribution in [0.1, 0.15) is 85.0 Å². The molecule has 0 aliphatic heterocycles. The molecular weight excluding hydrogens is 396 g/mol. The van der Waals surface area contributed by atoms with Gasteiger partial charge in [0.25, 0.3) is 0 Å². The van der Waals surface area contributed by atoms with Crippen molar-refractivity contribution in [3.05, 3.63) is 0 Å². The van der Waals surface area contributed by atoms with Crippen LogP contribution >= 0.6 is 0 Å². The first-order chi connectivity index (χ1) is 14.6. The zero-order valence-corrected chi connectivity index (χ0v) is 19.0. The third kappa shape index (κ3) is 3.64. The summed E-state index contributed by atoms with van der Waals surface area (Å²) in [6.07, 6.45) is 6.68. The van der Waals surface area contributed by atoms with Gasteiger partial charge in [-0.2, -0.15) is 0 Å². The highest BCUT2D eigenvalue weighted by atomic mass is 16.5. The number of hydrogen-bond donors (Lipinski definition) is 1. The van der Waals surface area contributed by atoms with Crippen LogP contribution in [0.3, 0.4) is 0 Å². The third-order valence-corrected chi connectivity index (χ3v) is 9.81. The van der Waals surface area contributed by atoms with Crippen molar-refractivity contribution in [1.82, 2.24) is 0 Å². The molecule has 0 radical (unpaired) electrons. The first-order valence-electron chi connectivity index (χ1n) is 12.0. The minimum Gasteiger partial charge on any atom is -0.481 e. The summed E-state index contributed by atoms with van der Waals surface area (Å²) in [6.45, 7) is 6.05. The zero-order chi connectivity index (χ0) is 22.6. The van der Waals surface area contributed by atoms with Crippen molar-refractivity contribution in [3.63, 3.8) is 0 Å².